The monoisotopic (exact) mass is 144 g/mol. The third-order valence-corrected chi connectivity index (χ3v) is 2.11. The highest BCUT2D eigenvalue weighted by molar-refractivity contribution is 4.76. The van der Waals surface area contributed by atoms with Crippen molar-refractivity contribution in [2.45, 2.75) is 39.6 Å². The molecule has 1 rings (SSSR count). The molecule has 2 heteroatoms. The van der Waals surface area contributed by atoms with Crippen molar-refractivity contribution in [3.63, 3.8) is 0 Å². The third-order valence-electron chi connectivity index (χ3n) is 2.11. The highest BCUT2D eigenvalue weighted by Gasteiger charge is 2.32. The molecule has 0 bridgehead atoms. The Morgan fingerprint density at radius 1 is 1.50 bits per heavy atom. The number of hydrogen-bond donors (Lipinski definition) is 1. The summed E-state index contributed by atoms with van der Waals surface area (Å²) < 4.78 is 5.29. The molecule has 0 radical (unpaired) electrons. The molecule has 0 aromatic carbocycles. The van der Waals surface area contributed by atoms with Crippen molar-refractivity contribution < 1.29 is 9.84 Å². The Kier molecular flexibility index (Phi) is 2.32. The minimum Gasteiger partial charge on any atom is -0.368 e. The lowest BCUT2D eigenvalue weighted by molar-refractivity contribution is -0.103. The molecule has 60 valence electrons. The summed E-state index contributed by atoms with van der Waals surface area (Å²) in [7, 11) is 0. The van der Waals surface area contributed by atoms with Crippen LogP contribution in [0.5, 0.6) is 0 Å². The first-order chi connectivity index (χ1) is 4.61. The molecule has 0 amide bonds. The Hall–Kier alpha value is -0.0800. The molecule has 2 nitrogen and oxygen atoms in total. The number of hydrogen-bond acceptors (Lipinski definition) is 2. The first-order valence-corrected chi connectivity index (χ1v) is 3.94. The van der Waals surface area contributed by atoms with Crippen LogP contribution in [-0.2, 0) is 4.74 Å². The molecule has 1 N–H and O–H groups in total. The molecular formula is C8H16O2. The van der Waals surface area contributed by atoms with Crippen LogP contribution in [0.15, 0.2) is 0 Å². The lowest BCUT2D eigenvalue weighted by atomic mass is 9.95. The van der Waals surface area contributed by atoms with Crippen molar-refractivity contribution >= 4 is 0 Å². The van der Waals surface area contributed by atoms with Crippen LogP contribution in [0.1, 0.15) is 27.2 Å². The largest absolute Gasteiger partial charge is 0.368 e. The van der Waals surface area contributed by atoms with Gasteiger partial charge in [-0.25, -0.2) is 0 Å². The predicted octanol–water partition coefficient (Wildman–Crippen LogP) is 1.39. The van der Waals surface area contributed by atoms with Crippen LogP contribution in [-0.4, -0.2) is 17.5 Å². The lowest BCUT2D eigenvalue weighted by Crippen LogP contribution is -2.20. The standard InChI is InChI=1S/C8H16O2/c1-5(2)8-6(3)4-7(9)10-8/h5-9H,4H2,1-3H3/t6-,7?,8+/m0/s1. The zero-order valence-electron chi connectivity index (χ0n) is 6.87. The average molecular weight is 144 g/mol. The van der Waals surface area contributed by atoms with Crippen molar-refractivity contribution in [2.24, 2.45) is 11.8 Å². The van der Waals surface area contributed by atoms with E-state index in [1.54, 1.807) is 0 Å². The van der Waals surface area contributed by atoms with Crippen molar-refractivity contribution in [3.8, 4) is 0 Å². The fourth-order valence-electron chi connectivity index (χ4n) is 1.64. The molecule has 1 heterocycles. The van der Waals surface area contributed by atoms with E-state index < -0.39 is 6.29 Å². The van der Waals surface area contributed by atoms with Crippen LogP contribution in [0.2, 0.25) is 0 Å². The van der Waals surface area contributed by atoms with Gasteiger partial charge < -0.3 is 9.84 Å². The number of rotatable bonds is 1. The topological polar surface area (TPSA) is 29.5 Å². The summed E-state index contributed by atoms with van der Waals surface area (Å²) in [5.41, 5.74) is 0. The summed E-state index contributed by atoms with van der Waals surface area (Å²) in [5, 5.41) is 9.10. The van der Waals surface area contributed by atoms with E-state index in [9.17, 15) is 0 Å². The quantitative estimate of drug-likeness (QED) is 0.602. The maximum absolute atomic E-state index is 9.10. The molecule has 0 aromatic rings. The van der Waals surface area contributed by atoms with Gasteiger partial charge in [0, 0.05) is 6.42 Å². The summed E-state index contributed by atoms with van der Waals surface area (Å²) in [6, 6.07) is 0. The van der Waals surface area contributed by atoms with Crippen LogP contribution in [0.25, 0.3) is 0 Å². The number of ether oxygens (including phenoxy) is 1. The predicted molar refractivity (Wildman–Crippen MR) is 39.5 cm³/mol. The first-order valence-electron chi connectivity index (χ1n) is 3.94. The second-order valence-electron chi connectivity index (χ2n) is 3.51. The highest BCUT2D eigenvalue weighted by Crippen LogP contribution is 2.29. The highest BCUT2D eigenvalue weighted by atomic mass is 16.6. The first kappa shape index (κ1) is 8.02. The molecule has 10 heavy (non-hydrogen) atoms. The SMILES string of the molecule is CC(C)[C@H]1OC(O)C[C@@H]1C. The molecule has 1 unspecified atom stereocenters. The number of aliphatic hydroxyl groups is 1. The molecular weight excluding hydrogens is 128 g/mol. The molecule has 1 fully saturated rings. The second-order valence-corrected chi connectivity index (χ2v) is 3.51. The molecule has 0 aromatic heterocycles. The lowest BCUT2D eigenvalue weighted by Gasteiger charge is -2.17. The molecule has 0 aliphatic carbocycles. The molecule has 0 spiro atoms. The molecule has 1 aliphatic rings. The normalized spacial score (nSPS) is 41.1. The second kappa shape index (κ2) is 2.89. The van der Waals surface area contributed by atoms with Crippen LogP contribution >= 0.6 is 0 Å². The average Bonchev–Trinajstić information content (AvgIpc) is 2.10. The van der Waals surface area contributed by atoms with E-state index in [2.05, 4.69) is 20.8 Å². The molecule has 1 saturated heterocycles. The van der Waals surface area contributed by atoms with E-state index in [1.165, 1.54) is 0 Å². The van der Waals surface area contributed by atoms with Gasteiger partial charge in [-0.1, -0.05) is 20.8 Å². The van der Waals surface area contributed by atoms with E-state index in [1.807, 2.05) is 0 Å². The van der Waals surface area contributed by atoms with Crippen molar-refractivity contribution in [2.75, 3.05) is 0 Å². The van der Waals surface area contributed by atoms with Gasteiger partial charge in [-0.3, -0.25) is 0 Å². The van der Waals surface area contributed by atoms with Crippen LogP contribution in [0.4, 0.5) is 0 Å². The Labute approximate surface area is 62.2 Å². The minimum absolute atomic E-state index is 0.259. The summed E-state index contributed by atoms with van der Waals surface area (Å²) in [6.45, 7) is 6.37. The summed E-state index contributed by atoms with van der Waals surface area (Å²) in [6.07, 6.45) is 0.542. The van der Waals surface area contributed by atoms with Gasteiger partial charge >= 0.3 is 0 Å². The van der Waals surface area contributed by atoms with Crippen molar-refractivity contribution in [1.29, 1.82) is 0 Å². The van der Waals surface area contributed by atoms with Gasteiger partial charge in [0.1, 0.15) is 0 Å². The zero-order valence-corrected chi connectivity index (χ0v) is 6.87. The number of aliphatic hydroxyl groups excluding tert-OH is 1. The Bertz CT molecular complexity index is 112. The summed E-state index contributed by atoms with van der Waals surface area (Å²) >= 11 is 0. The Balaban J connectivity index is 2.46. The maximum Gasteiger partial charge on any atom is 0.155 e. The Morgan fingerprint density at radius 3 is 2.30 bits per heavy atom. The smallest absolute Gasteiger partial charge is 0.155 e. The fraction of sp³-hybridized carbons (Fsp3) is 1.00. The molecule has 0 saturated carbocycles. The van der Waals surface area contributed by atoms with E-state index in [0.717, 1.165) is 6.42 Å². The van der Waals surface area contributed by atoms with Gasteiger partial charge in [-0.15, -0.1) is 0 Å². The van der Waals surface area contributed by atoms with Crippen LogP contribution < -0.4 is 0 Å². The van der Waals surface area contributed by atoms with Gasteiger partial charge in [0.15, 0.2) is 6.29 Å². The van der Waals surface area contributed by atoms with E-state index in [-0.39, 0.29) is 6.10 Å². The molecule has 1 aliphatic heterocycles. The van der Waals surface area contributed by atoms with Crippen molar-refractivity contribution in [3.05, 3.63) is 0 Å². The third kappa shape index (κ3) is 1.50. The maximum atomic E-state index is 9.10. The van der Waals surface area contributed by atoms with E-state index in [4.69, 9.17) is 9.84 Å². The van der Waals surface area contributed by atoms with Crippen LogP contribution in [0.3, 0.4) is 0 Å². The van der Waals surface area contributed by atoms with Crippen LogP contribution in [0, 0.1) is 11.8 Å². The van der Waals surface area contributed by atoms with Gasteiger partial charge in [-0.2, -0.15) is 0 Å². The van der Waals surface area contributed by atoms with Crippen molar-refractivity contribution in [1.82, 2.24) is 0 Å². The van der Waals surface area contributed by atoms with Gasteiger partial charge in [0.25, 0.3) is 0 Å². The zero-order chi connectivity index (χ0) is 7.72. The van der Waals surface area contributed by atoms with Gasteiger partial charge in [0.05, 0.1) is 6.10 Å². The van der Waals surface area contributed by atoms with Gasteiger partial charge in [-0.05, 0) is 11.8 Å². The minimum atomic E-state index is -0.512. The summed E-state index contributed by atoms with van der Waals surface area (Å²) in [4.78, 5) is 0. The Morgan fingerprint density at radius 2 is 2.10 bits per heavy atom. The molecule has 3 atom stereocenters. The van der Waals surface area contributed by atoms with E-state index in [0.29, 0.717) is 11.8 Å². The summed E-state index contributed by atoms with van der Waals surface area (Å²) in [5.74, 6) is 1.03. The van der Waals surface area contributed by atoms with E-state index >= 15 is 0 Å². The fourth-order valence-corrected chi connectivity index (χ4v) is 1.64. The van der Waals surface area contributed by atoms with Gasteiger partial charge in [0.2, 0.25) is 0 Å².